The molecule has 1 aromatic carbocycles. The average molecular weight is 304 g/mol. The van der Waals surface area contributed by atoms with Crippen LogP contribution in [0.4, 0.5) is 5.69 Å². The fraction of sp³-hybridized carbons (Fsp3) is 0.200. The monoisotopic (exact) mass is 304 g/mol. The van der Waals surface area contributed by atoms with Gasteiger partial charge in [0.2, 0.25) is 0 Å². The average Bonchev–Trinajstić information content (AvgIpc) is 2.88. The van der Waals surface area contributed by atoms with Crippen molar-refractivity contribution in [2.75, 3.05) is 19.6 Å². The van der Waals surface area contributed by atoms with Gasteiger partial charge in [0.25, 0.3) is 0 Å². The highest BCUT2D eigenvalue weighted by atomic mass is 32.1. The van der Waals surface area contributed by atoms with Gasteiger partial charge >= 0.3 is 5.97 Å². The predicted molar refractivity (Wildman–Crippen MR) is 84.6 cm³/mol. The summed E-state index contributed by atoms with van der Waals surface area (Å²) in [4.78, 5) is 12.2. The highest BCUT2D eigenvalue weighted by Crippen LogP contribution is 2.28. The van der Waals surface area contributed by atoms with Crippen LogP contribution in [0.25, 0.3) is 0 Å². The number of hydrazone groups is 1. The molecule has 0 amide bonds. The van der Waals surface area contributed by atoms with E-state index in [4.69, 9.17) is 9.47 Å². The van der Waals surface area contributed by atoms with Gasteiger partial charge in [-0.3, -0.25) is 5.43 Å². The number of ether oxygens (including phenoxy) is 2. The summed E-state index contributed by atoms with van der Waals surface area (Å²) in [6, 6.07) is 7.53. The van der Waals surface area contributed by atoms with E-state index in [0.717, 1.165) is 16.9 Å². The van der Waals surface area contributed by atoms with Crippen molar-refractivity contribution in [2.45, 2.75) is 6.92 Å². The molecule has 1 aromatic heterocycles. The van der Waals surface area contributed by atoms with Crippen LogP contribution in [-0.4, -0.2) is 26.4 Å². The van der Waals surface area contributed by atoms with Gasteiger partial charge < -0.3 is 9.47 Å². The first-order chi connectivity index (χ1) is 10.2. The lowest BCUT2D eigenvalue weighted by Gasteiger charge is -2.03. The molecular formula is C15H16N2O3S. The highest BCUT2D eigenvalue weighted by molar-refractivity contribution is 7.12. The smallest absolute Gasteiger partial charge is 0.350 e. The van der Waals surface area contributed by atoms with Crippen LogP contribution in [0.3, 0.4) is 0 Å². The quantitative estimate of drug-likeness (QED) is 0.523. The Morgan fingerprint density at radius 2 is 2.19 bits per heavy atom. The summed E-state index contributed by atoms with van der Waals surface area (Å²) in [7, 11) is 2.98. The van der Waals surface area contributed by atoms with Gasteiger partial charge in [-0.25, -0.2) is 4.79 Å². The number of methoxy groups -OCH3 is 2. The van der Waals surface area contributed by atoms with Crippen molar-refractivity contribution in [1.29, 1.82) is 0 Å². The van der Waals surface area contributed by atoms with E-state index in [1.165, 1.54) is 18.4 Å². The number of carbonyl (C=O) groups excluding carboxylic acids is 1. The molecular weight excluding hydrogens is 288 g/mol. The van der Waals surface area contributed by atoms with Gasteiger partial charge in [0.15, 0.2) is 0 Å². The summed E-state index contributed by atoms with van der Waals surface area (Å²) in [6.45, 7) is 1.91. The zero-order valence-corrected chi connectivity index (χ0v) is 12.9. The third-order valence-electron chi connectivity index (χ3n) is 2.83. The Balaban J connectivity index is 2.14. The Labute approximate surface area is 127 Å². The van der Waals surface area contributed by atoms with E-state index < -0.39 is 0 Å². The number of carbonyl (C=O) groups is 1. The lowest BCUT2D eigenvalue weighted by Crippen LogP contribution is -2.02. The number of benzene rings is 1. The summed E-state index contributed by atoms with van der Waals surface area (Å²) in [5.41, 5.74) is 5.42. The zero-order valence-electron chi connectivity index (χ0n) is 12.0. The molecule has 0 radical (unpaired) electrons. The number of hydrogen-bond donors (Lipinski definition) is 1. The summed E-state index contributed by atoms with van der Waals surface area (Å²) >= 11 is 1.33. The molecule has 1 N–H and O–H groups in total. The summed E-state index contributed by atoms with van der Waals surface area (Å²) in [5.74, 6) is 0.396. The molecule has 110 valence electrons. The van der Waals surface area contributed by atoms with Crippen molar-refractivity contribution >= 4 is 29.2 Å². The summed E-state index contributed by atoms with van der Waals surface area (Å²) in [5, 5.41) is 6.05. The minimum atomic E-state index is -0.368. The molecule has 2 aromatic rings. The van der Waals surface area contributed by atoms with Gasteiger partial charge in [0, 0.05) is 0 Å². The fourth-order valence-electron chi connectivity index (χ4n) is 1.72. The van der Waals surface area contributed by atoms with Gasteiger partial charge in [-0.1, -0.05) is 12.1 Å². The number of esters is 1. The minimum Gasteiger partial charge on any atom is -0.497 e. The van der Waals surface area contributed by atoms with Crippen LogP contribution in [-0.2, 0) is 4.74 Å². The van der Waals surface area contributed by atoms with Gasteiger partial charge in [-0.05, 0) is 35.6 Å². The third kappa shape index (κ3) is 3.61. The van der Waals surface area contributed by atoms with Crippen LogP contribution in [0.2, 0.25) is 0 Å². The molecule has 6 heteroatoms. The fourth-order valence-corrected chi connectivity index (χ4v) is 2.64. The second-order valence-electron chi connectivity index (χ2n) is 4.26. The maximum Gasteiger partial charge on any atom is 0.350 e. The first-order valence-corrected chi connectivity index (χ1v) is 7.13. The lowest BCUT2D eigenvalue weighted by molar-refractivity contribution is 0.0607. The van der Waals surface area contributed by atoms with Crippen molar-refractivity contribution in [3.8, 4) is 5.75 Å². The van der Waals surface area contributed by atoms with E-state index in [-0.39, 0.29) is 5.97 Å². The van der Waals surface area contributed by atoms with E-state index in [1.807, 2.05) is 36.6 Å². The number of nitrogens with zero attached hydrogens (tertiary/aromatic N) is 1. The molecule has 0 aliphatic carbocycles. The molecule has 0 aliphatic heterocycles. The molecule has 0 atom stereocenters. The van der Waals surface area contributed by atoms with Crippen molar-refractivity contribution in [2.24, 2.45) is 5.10 Å². The maximum absolute atomic E-state index is 11.6. The second kappa shape index (κ2) is 6.90. The lowest BCUT2D eigenvalue weighted by atomic mass is 10.2. The van der Waals surface area contributed by atoms with Crippen LogP contribution in [0.5, 0.6) is 5.75 Å². The Kier molecular flexibility index (Phi) is 4.94. The topological polar surface area (TPSA) is 59.9 Å². The van der Waals surface area contributed by atoms with Crippen molar-refractivity contribution in [3.63, 3.8) is 0 Å². The standard InChI is InChI=1S/C15H16N2O3S/c1-10-9-21-14(15(18)20-3)13(10)17-16-8-11-5-4-6-12(7-11)19-2/h4-9,17H,1-3H3/b16-8-. The van der Waals surface area contributed by atoms with E-state index in [0.29, 0.717) is 10.6 Å². The van der Waals surface area contributed by atoms with Crippen LogP contribution >= 0.6 is 11.3 Å². The number of nitrogens with one attached hydrogen (secondary N) is 1. The molecule has 0 bridgehead atoms. The molecule has 5 nitrogen and oxygen atoms in total. The van der Waals surface area contributed by atoms with Crippen molar-refractivity contribution in [3.05, 3.63) is 45.6 Å². The molecule has 0 fully saturated rings. The van der Waals surface area contributed by atoms with Gasteiger partial charge in [0.05, 0.1) is 26.1 Å². The molecule has 0 saturated heterocycles. The number of hydrogen-bond acceptors (Lipinski definition) is 6. The van der Waals surface area contributed by atoms with Crippen molar-refractivity contribution in [1.82, 2.24) is 0 Å². The van der Waals surface area contributed by atoms with E-state index in [1.54, 1.807) is 13.3 Å². The maximum atomic E-state index is 11.6. The number of rotatable bonds is 5. The van der Waals surface area contributed by atoms with Crippen LogP contribution in [0.1, 0.15) is 20.8 Å². The normalized spacial score (nSPS) is 10.6. The molecule has 0 aliphatic rings. The Morgan fingerprint density at radius 3 is 2.90 bits per heavy atom. The van der Waals surface area contributed by atoms with E-state index in [9.17, 15) is 4.79 Å². The molecule has 1 heterocycles. The van der Waals surface area contributed by atoms with Gasteiger partial charge in [-0.15, -0.1) is 11.3 Å². The first-order valence-electron chi connectivity index (χ1n) is 6.25. The molecule has 0 saturated carbocycles. The number of thiophene rings is 1. The first kappa shape index (κ1) is 15.1. The van der Waals surface area contributed by atoms with Gasteiger partial charge in [0.1, 0.15) is 10.6 Å². The number of aryl methyl sites for hydroxylation is 1. The largest absolute Gasteiger partial charge is 0.497 e. The molecule has 21 heavy (non-hydrogen) atoms. The van der Waals surface area contributed by atoms with Gasteiger partial charge in [-0.2, -0.15) is 5.10 Å². The molecule has 2 rings (SSSR count). The van der Waals surface area contributed by atoms with Crippen LogP contribution in [0.15, 0.2) is 34.7 Å². The minimum absolute atomic E-state index is 0.368. The molecule has 0 spiro atoms. The Bertz CT molecular complexity index is 665. The number of anilines is 1. The Hall–Kier alpha value is -2.34. The molecule has 0 unspecified atom stereocenters. The third-order valence-corrected chi connectivity index (χ3v) is 3.91. The predicted octanol–water partition coefficient (Wildman–Crippen LogP) is 3.30. The van der Waals surface area contributed by atoms with Crippen molar-refractivity contribution < 1.29 is 14.3 Å². The van der Waals surface area contributed by atoms with Crippen LogP contribution in [0, 0.1) is 6.92 Å². The van der Waals surface area contributed by atoms with E-state index >= 15 is 0 Å². The summed E-state index contributed by atoms with van der Waals surface area (Å²) in [6.07, 6.45) is 1.67. The Morgan fingerprint density at radius 1 is 1.38 bits per heavy atom. The summed E-state index contributed by atoms with van der Waals surface area (Å²) < 4.78 is 9.90. The highest BCUT2D eigenvalue weighted by Gasteiger charge is 2.16. The zero-order chi connectivity index (χ0) is 15.2. The van der Waals surface area contributed by atoms with Crippen LogP contribution < -0.4 is 10.2 Å². The van der Waals surface area contributed by atoms with E-state index in [2.05, 4.69) is 10.5 Å². The second-order valence-corrected chi connectivity index (χ2v) is 5.14. The SMILES string of the molecule is COC(=O)c1scc(C)c1N/N=C\c1cccc(OC)c1.